The second-order valence-corrected chi connectivity index (χ2v) is 7.90. The van der Waals surface area contributed by atoms with Gasteiger partial charge in [-0.15, -0.1) is 11.3 Å². The minimum atomic E-state index is -0.288. The normalized spacial score (nSPS) is 11.3. The number of amides is 2. The Labute approximate surface area is 126 Å². The molecule has 6 heteroatoms. The van der Waals surface area contributed by atoms with E-state index in [0.717, 1.165) is 9.35 Å². The Kier molecular flexibility index (Phi) is 5.15. The lowest BCUT2D eigenvalue weighted by molar-refractivity contribution is -0.122. The number of thiophene rings is 1. The van der Waals surface area contributed by atoms with Gasteiger partial charge in [0.15, 0.2) is 0 Å². The predicted octanol–water partition coefficient (Wildman–Crippen LogP) is 2.81. The molecule has 1 aromatic heterocycles. The van der Waals surface area contributed by atoms with Crippen LogP contribution in [0, 0.1) is 6.92 Å². The summed E-state index contributed by atoms with van der Waals surface area (Å²) in [7, 11) is 1.63. The van der Waals surface area contributed by atoms with Gasteiger partial charge in [0.25, 0.3) is 5.91 Å². The smallest absolute Gasteiger partial charge is 0.264 e. The van der Waals surface area contributed by atoms with Crippen LogP contribution in [-0.4, -0.2) is 35.8 Å². The molecule has 0 aliphatic rings. The summed E-state index contributed by atoms with van der Waals surface area (Å²) >= 11 is 4.78. The fourth-order valence-corrected chi connectivity index (χ4v) is 3.03. The van der Waals surface area contributed by atoms with Gasteiger partial charge in [0.2, 0.25) is 5.91 Å². The van der Waals surface area contributed by atoms with E-state index >= 15 is 0 Å². The minimum absolute atomic E-state index is 0.0602. The minimum Gasteiger partial charge on any atom is -0.350 e. The highest BCUT2D eigenvalue weighted by Gasteiger charge is 2.20. The fraction of sp³-hybridized carbons (Fsp3) is 0.538. The first kappa shape index (κ1) is 16.2. The summed E-state index contributed by atoms with van der Waals surface area (Å²) in [5.74, 6) is -0.293. The van der Waals surface area contributed by atoms with Crippen molar-refractivity contribution in [2.75, 3.05) is 13.6 Å². The molecule has 0 aromatic carbocycles. The number of aryl methyl sites for hydroxylation is 1. The molecule has 0 atom stereocenters. The Morgan fingerprint density at radius 3 is 2.42 bits per heavy atom. The molecule has 1 N–H and O–H groups in total. The van der Waals surface area contributed by atoms with Gasteiger partial charge < -0.3 is 10.2 Å². The third kappa shape index (κ3) is 4.95. The van der Waals surface area contributed by atoms with Crippen LogP contribution in [0.2, 0.25) is 0 Å². The van der Waals surface area contributed by atoms with Gasteiger partial charge in [-0.05, 0) is 55.3 Å². The zero-order valence-corrected chi connectivity index (χ0v) is 14.2. The Morgan fingerprint density at radius 2 is 2.00 bits per heavy atom. The summed E-state index contributed by atoms with van der Waals surface area (Å²) in [4.78, 5) is 26.0. The van der Waals surface area contributed by atoms with Crippen LogP contribution in [0.4, 0.5) is 0 Å². The lowest BCUT2D eigenvalue weighted by Crippen LogP contribution is -2.46. The zero-order valence-electron chi connectivity index (χ0n) is 11.8. The number of nitrogens with one attached hydrogen (secondary N) is 1. The first-order chi connectivity index (χ1) is 8.60. The van der Waals surface area contributed by atoms with Crippen molar-refractivity contribution >= 4 is 39.1 Å². The number of carbonyl (C=O) groups is 2. The molecule has 1 heterocycles. The third-order valence-electron chi connectivity index (χ3n) is 2.31. The average Bonchev–Trinajstić information content (AvgIpc) is 2.55. The van der Waals surface area contributed by atoms with E-state index in [1.807, 2.05) is 33.8 Å². The van der Waals surface area contributed by atoms with Crippen molar-refractivity contribution in [3.05, 3.63) is 20.3 Å². The van der Waals surface area contributed by atoms with Gasteiger partial charge in [-0.1, -0.05) is 0 Å². The molecule has 1 aromatic rings. The summed E-state index contributed by atoms with van der Waals surface area (Å²) in [6.07, 6.45) is 0. The van der Waals surface area contributed by atoms with Crippen LogP contribution in [-0.2, 0) is 4.79 Å². The molecule has 1 rings (SSSR count). The number of rotatable bonds is 3. The highest BCUT2D eigenvalue weighted by atomic mass is 79.9. The predicted molar refractivity (Wildman–Crippen MR) is 81.6 cm³/mol. The van der Waals surface area contributed by atoms with Gasteiger partial charge in [0.05, 0.1) is 15.2 Å². The molecule has 0 saturated heterocycles. The summed E-state index contributed by atoms with van der Waals surface area (Å²) < 4.78 is 0.948. The van der Waals surface area contributed by atoms with Gasteiger partial charge in [-0.2, -0.15) is 0 Å². The third-order valence-corrected chi connectivity index (χ3v) is 4.43. The standard InChI is InChI=1S/C13H19BrN2O2S/c1-8-6-9(19-11(8)14)12(18)16(5)7-10(17)15-13(2,3)4/h6H,7H2,1-5H3,(H,15,17). The monoisotopic (exact) mass is 346 g/mol. The van der Waals surface area contributed by atoms with Crippen molar-refractivity contribution < 1.29 is 9.59 Å². The second-order valence-electron chi connectivity index (χ2n) is 5.53. The first-order valence-electron chi connectivity index (χ1n) is 5.92. The van der Waals surface area contributed by atoms with E-state index in [1.165, 1.54) is 16.2 Å². The van der Waals surface area contributed by atoms with Crippen molar-refractivity contribution in [1.29, 1.82) is 0 Å². The maximum Gasteiger partial charge on any atom is 0.264 e. The lowest BCUT2D eigenvalue weighted by atomic mass is 10.1. The van der Waals surface area contributed by atoms with Crippen molar-refractivity contribution in [2.24, 2.45) is 0 Å². The number of likely N-dealkylation sites (N-methyl/N-ethyl adjacent to an activating group) is 1. The quantitative estimate of drug-likeness (QED) is 0.914. The van der Waals surface area contributed by atoms with Crippen molar-refractivity contribution in [2.45, 2.75) is 33.2 Å². The molecule has 106 valence electrons. The van der Waals surface area contributed by atoms with E-state index in [2.05, 4.69) is 21.2 Å². The summed E-state index contributed by atoms with van der Waals surface area (Å²) in [6, 6.07) is 1.83. The largest absolute Gasteiger partial charge is 0.350 e. The number of halogens is 1. The number of nitrogens with zero attached hydrogens (tertiary/aromatic N) is 1. The Hall–Kier alpha value is -0.880. The van der Waals surface area contributed by atoms with Crippen molar-refractivity contribution in [3.63, 3.8) is 0 Å². The molecule has 2 amide bonds. The van der Waals surface area contributed by atoms with E-state index in [1.54, 1.807) is 7.05 Å². The highest BCUT2D eigenvalue weighted by Crippen LogP contribution is 2.27. The molecule has 4 nitrogen and oxygen atoms in total. The second kappa shape index (κ2) is 6.05. The van der Waals surface area contributed by atoms with E-state index in [-0.39, 0.29) is 23.9 Å². The van der Waals surface area contributed by atoms with Crippen LogP contribution >= 0.6 is 27.3 Å². The van der Waals surface area contributed by atoms with Crippen LogP contribution in [0.1, 0.15) is 36.0 Å². The molecule has 0 bridgehead atoms. The summed E-state index contributed by atoms with van der Waals surface area (Å²) in [5, 5.41) is 2.83. The van der Waals surface area contributed by atoms with Crippen molar-refractivity contribution in [3.8, 4) is 0 Å². The highest BCUT2D eigenvalue weighted by molar-refractivity contribution is 9.11. The van der Waals surface area contributed by atoms with Crippen LogP contribution in [0.3, 0.4) is 0 Å². The van der Waals surface area contributed by atoms with E-state index in [9.17, 15) is 9.59 Å². The van der Waals surface area contributed by atoms with E-state index < -0.39 is 0 Å². The number of hydrogen-bond donors (Lipinski definition) is 1. The Balaban J connectivity index is 2.65. The molecule has 0 fully saturated rings. The maximum atomic E-state index is 12.1. The number of hydrogen-bond acceptors (Lipinski definition) is 3. The van der Waals surface area contributed by atoms with Crippen LogP contribution in [0.5, 0.6) is 0 Å². The number of carbonyl (C=O) groups excluding carboxylic acids is 2. The van der Waals surface area contributed by atoms with Crippen molar-refractivity contribution in [1.82, 2.24) is 10.2 Å². The SMILES string of the molecule is Cc1cc(C(=O)N(C)CC(=O)NC(C)(C)C)sc1Br. The maximum absolute atomic E-state index is 12.1. The zero-order chi connectivity index (χ0) is 14.8. The van der Waals surface area contributed by atoms with Gasteiger partial charge in [-0.25, -0.2) is 0 Å². The summed E-state index contributed by atoms with van der Waals surface area (Å²) in [6.45, 7) is 7.72. The topological polar surface area (TPSA) is 49.4 Å². The molecular weight excluding hydrogens is 328 g/mol. The van der Waals surface area contributed by atoms with E-state index in [0.29, 0.717) is 4.88 Å². The first-order valence-corrected chi connectivity index (χ1v) is 7.53. The lowest BCUT2D eigenvalue weighted by Gasteiger charge is -2.23. The Bertz CT molecular complexity index is 472. The van der Waals surface area contributed by atoms with Crippen LogP contribution < -0.4 is 5.32 Å². The van der Waals surface area contributed by atoms with Gasteiger partial charge in [0.1, 0.15) is 0 Å². The van der Waals surface area contributed by atoms with Crippen LogP contribution in [0.25, 0.3) is 0 Å². The Morgan fingerprint density at radius 1 is 1.42 bits per heavy atom. The van der Waals surface area contributed by atoms with Gasteiger partial charge in [-0.3, -0.25) is 9.59 Å². The molecule has 19 heavy (non-hydrogen) atoms. The molecule has 0 saturated carbocycles. The molecule has 0 aliphatic carbocycles. The van der Waals surface area contributed by atoms with Gasteiger partial charge >= 0.3 is 0 Å². The molecular formula is C13H19BrN2O2S. The molecule has 0 spiro atoms. The summed E-state index contributed by atoms with van der Waals surface area (Å²) in [5.41, 5.74) is 0.740. The van der Waals surface area contributed by atoms with Crippen LogP contribution in [0.15, 0.2) is 9.85 Å². The molecule has 0 radical (unpaired) electrons. The molecule has 0 unspecified atom stereocenters. The average molecular weight is 347 g/mol. The van der Waals surface area contributed by atoms with E-state index in [4.69, 9.17) is 0 Å². The van der Waals surface area contributed by atoms with Gasteiger partial charge in [0, 0.05) is 12.6 Å². The molecule has 0 aliphatic heterocycles. The fourth-order valence-electron chi connectivity index (χ4n) is 1.50.